The van der Waals surface area contributed by atoms with E-state index in [1.54, 1.807) is 31.9 Å². The molecule has 0 spiro atoms. The fourth-order valence-corrected chi connectivity index (χ4v) is 15.2. The Kier molecular flexibility index (Phi) is 15.1. The van der Waals surface area contributed by atoms with Crippen molar-refractivity contribution in [1.29, 1.82) is 0 Å². The predicted octanol–water partition coefficient (Wildman–Crippen LogP) is 15.5. The Morgan fingerprint density at radius 1 is 0.329 bits per heavy atom. The Hall–Kier alpha value is -9.91. The minimum Gasteiger partial charge on any atom is -0.496 e. The van der Waals surface area contributed by atoms with Gasteiger partial charge in [0, 0.05) is 96.2 Å². The molecule has 0 radical (unpaired) electrons. The number of methoxy groups -OCH3 is 1. The summed E-state index contributed by atoms with van der Waals surface area (Å²) in [6.07, 6.45) is 8.92. The third kappa shape index (κ3) is 11.0. The maximum Gasteiger partial charge on any atom is 0.171 e. The van der Waals surface area contributed by atoms with Gasteiger partial charge in [-0.2, -0.15) is 0 Å². The van der Waals surface area contributed by atoms with E-state index in [1.807, 2.05) is 262 Å². The van der Waals surface area contributed by atoms with Crippen LogP contribution in [0.2, 0.25) is 0 Å². The summed E-state index contributed by atoms with van der Waals surface area (Å²) in [5.74, 6) is 4.44. The summed E-state index contributed by atoms with van der Waals surface area (Å²) >= 11 is 0. The van der Waals surface area contributed by atoms with E-state index in [2.05, 4.69) is 16.0 Å². The van der Waals surface area contributed by atoms with Crippen LogP contribution in [0, 0.1) is 6.92 Å². The molecule has 0 N–H and O–H groups in total. The molecule has 3 aromatic heterocycles. The highest BCUT2D eigenvalue weighted by Gasteiger charge is 2.31. The predicted molar refractivity (Wildman–Crippen MR) is 331 cm³/mol. The summed E-state index contributed by atoms with van der Waals surface area (Å²) in [6.45, 7) is 2.03. The molecule has 0 aliphatic rings. The van der Waals surface area contributed by atoms with E-state index in [9.17, 15) is 4.57 Å². The van der Waals surface area contributed by atoms with Crippen LogP contribution >= 0.6 is 14.3 Å². The lowest BCUT2D eigenvalue weighted by molar-refractivity contribution is 0.415. The molecule has 398 valence electrons. The highest BCUT2D eigenvalue weighted by atomic mass is 31.2. The number of hydrogen-bond acceptors (Lipinski definition) is 9. The van der Waals surface area contributed by atoms with Gasteiger partial charge in [-0.1, -0.05) is 121 Å². The minimum atomic E-state index is -3.36. The maximum atomic E-state index is 15.6. The first-order valence-corrected chi connectivity index (χ1v) is 30.1. The van der Waals surface area contributed by atoms with Gasteiger partial charge in [0.1, 0.15) is 40.2 Å². The molecule has 0 fully saturated rings. The molecule has 0 saturated heterocycles. The monoisotopic (exact) mass is 1110 g/mol. The number of benzene rings is 9. The number of aromatic nitrogens is 3. The van der Waals surface area contributed by atoms with Crippen LogP contribution in [-0.2, 0) is 9.13 Å². The standard InChI is InChI=1S/C71H53N3O6P2/c1-50-17-34-63(35-18-50)81(75,61-13-5-3-6-14-61)64-36-28-59(29-37-64)79-57-26-21-52(22-27-57)69-42-23-53(49-74-69)51-19-24-56(25-20-51)78-58-30-38-65(39-31-58)82(76,62-15-7-4-8-16-62)66-40-32-60(33-41-66)80-71-46-67(54-11-9-43-72-47-54)70(77-2)45-68(71)55-12-10-44-73-48-55/h3-49H,1-2H3. The Bertz CT molecular complexity index is 4220. The van der Waals surface area contributed by atoms with Crippen LogP contribution in [0.5, 0.6) is 40.2 Å². The first-order valence-electron chi connectivity index (χ1n) is 26.7. The second-order valence-corrected chi connectivity index (χ2v) is 25.1. The molecular formula is C71H53N3O6P2. The third-order valence-corrected chi connectivity index (χ3v) is 20.4. The van der Waals surface area contributed by atoms with Gasteiger partial charge in [0.05, 0.1) is 12.8 Å². The lowest BCUT2D eigenvalue weighted by Crippen LogP contribution is -2.24. The molecule has 0 amide bonds. The number of aryl methyl sites for hydroxylation is 1. The van der Waals surface area contributed by atoms with Gasteiger partial charge in [0.15, 0.2) is 14.3 Å². The Morgan fingerprint density at radius 3 is 1.12 bits per heavy atom. The van der Waals surface area contributed by atoms with Crippen LogP contribution in [0.4, 0.5) is 0 Å². The van der Waals surface area contributed by atoms with Crippen molar-refractivity contribution in [2.24, 2.45) is 0 Å². The van der Waals surface area contributed by atoms with E-state index >= 15 is 4.57 Å². The van der Waals surface area contributed by atoms with Crippen LogP contribution in [0.1, 0.15) is 5.56 Å². The summed E-state index contributed by atoms with van der Waals surface area (Å²) < 4.78 is 55.6. The number of nitrogens with zero attached hydrogens (tertiary/aromatic N) is 3. The third-order valence-electron chi connectivity index (χ3n) is 14.3. The van der Waals surface area contributed by atoms with Crippen molar-refractivity contribution in [2.75, 3.05) is 7.11 Å². The lowest BCUT2D eigenvalue weighted by Gasteiger charge is -2.21. The fraction of sp³-hybridized carbons (Fsp3) is 0.0282. The summed E-state index contributed by atoms with van der Waals surface area (Å²) in [7, 11) is -4.81. The Balaban J connectivity index is 0.707. The molecule has 0 saturated carbocycles. The normalized spacial score (nSPS) is 12.6. The van der Waals surface area contributed by atoms with Crippen molar-refractivity contribution < 1.29 is 28.1 Å². The van der Waals surface area contributed by atoms with E-state index in [4.69, 9.17) is 23.9 Å². The number of pyridine rings is 3. The molecule has 2 unspecified atom stereocenters. The molecule has 12 aromatic rings. The summed E-state index contributed by atoms with van der Waals surface area (Å²) in [5, 5.41) is 4.36. The molecule has 0 bridgehead atoms. The van der Waals surface area contributed by atoms with Crippen LogP contribution in [-0.4, -0.2) is 22.1 Å². The van der Waals surface area contributed by atoms with E-state index in [0.717, 1.165) is 66.1 Å². The van der Waals surface area contributed by atoms with Crippen molar-refractivity contribution in [2.45, 2.75) is 6.92 Å². The van der Waals surface area contributed by atoms with Crippen molar-refractivity contribution in [3.63, 3.8) is 0 Å². The smallest absolute Gasteiger partial charge is 0.171 e. The summed E-state index contributed by atoms with van der Waals surface area (Å²) in [4.78, 5) is 13.5. The molecule has 3 heterocycles. The quantitative estimate of drug-likeness (QED) is 0.0823. The van der Waals surface area contributed by atoms with E-state index in [1.165, 1.54) is 0 Å². The van der Waals surface area contributed by atoms with Gasteiger partial charge in [-0.25, -0.2) is 0 Å². The molecule has 12 rings (SSSR count). The molecule has 11 heteroatoms. The second kappa shape index (κ2) is 23.4. The molecule has 0 aliphatic carbocycles. The zero-order chi connectivity index (χ0) is 55.9. The number of ether oxygens (including phenoxy) is 4. The van der Waals surface area contributed by atoms with Gasteiger partial charge in [-0.3, -0.25) is 15.0 Å². The zero-order valence-electron chi connectivity index (χ0n) is 44.8. The lowest BCUT2D eigenvalue weighted by atomic mass is 9.99. The minimum absolute atomic E-state index is 0.571. The summed E-state index contributed by atoms with van der Waals surface area (Å²) in [6, 6.07) is 81.1. The van der Waals surface area contributed by atoms with E-state index in [-0.39, 0.29) is 0 Å². The fourth-order valence-electron chi connectivity index (χ4n) is 9.95. The van der Waals surface area contributed by atoms with Crippen molar-refractivity contribution >= 4 is 46.1 Å². The number of hydrogen-bond donors (Lipinski definition) is 0. The first kappa shape index (κ1) is 52.8. The van der Waals surface area contributed by atoms with Crippen molar-refractivity contribution in [3.05, 3.63) is 291 Å². The SMILES string of the molecule is COc1cc(-c2cccnc2)c(Oc2ccc(P(=O)(c3ccccc3)c3ccc(Oc4ccc(-c5ccc(-c6ccc(Oc7ccc(P(=O)(c8ccccc8)c8ccc(C)cc8)cc7)cc6)nc5)cc4)cc3)cc2)cc1-c1cccnc1. The second-order valence-electron chi connectivity index (χ2n) is 19.5. The van der Waals surface area contributed by atoms with Gasteiger partial charge in [-0.05, 0) is 152 Å². The maximum absolute atomic E-state index is 15.6. The van der Waals surface area contributed by atoms with E-state index < -0.39 is 14.3 Å². The number of rotatable bonds is 17. The molecule has 82 heavy (non-hydrogen) atoms. The highest BCUT2D eigenvalue weighted by molar-refractivity contribution is 7.85. The van der Waals surface area contributed by atoms with E-state index in [0.29, 0.717) is 56.2 Å². The molecule has 0 aliphatic heterocycles. The Labute approximate surface area is 476 Å². The summed E-state index contributed by atoms with van der Waals surface area (Å²) in [5.41, 5.74) is 8.23. The molecule has 9 nitrogen and oxygen atoms in total. The van der Waals surface area contributed by atoms with Crippen LogP contribution in [0.15, 0.2) is 286 Å². The van der Waals surface area contributed by atoms with Gasteiger partial charge < -0.3 is 28.1 Å². The van der Waals surface area contributed by atoms with Gasteiger partial charge in [0.25, 0.3) is 0 Å². The van der Waals surface area contributed by atoms with Crippen LogP contribution in [0.3, 0.4) is 0 Å². The van der Waals surface area contributed by atoms with Crippen molar-refractivity contribution in [3.8, 4) is 84.9 Å². The van der Waals surface area contributed by atoms with Gasteiger partial charge >= 0.3 is 0 Å². The van der Waals surface area contributed by atoms with Crippen molar-refractivity contribution in [1.82, 2.24) is 15.0 Å². The zero-order valence-corrected chi connectivity index (χ0v) is 46.6. The largest absolute Gasteiger partial charge is 0.496 e. The molecule has 9 aromatic carbocycles. The Morgan fingerprint density at radius 2 is 0.707 bits per heavy atom. The highest BCUT2D eigenvalue weighted by Crippen LogP contribution is 2.46. The van der Waals surface area contributed by atoms with Gasteiger partial charge in [0.2, 0.25) is 0 Å². The van der Waals surface area contributed by atoms with Gasteiger partial charge in [-0.15, -0.1) is 0 Å². The topological polar surface area (TPSA) is 110 Å². The average molecular weight is 1110 g/mol. The molecule has 2 atom stereocenters. The average Bonchev–Trinajstić information content (AvgIpc) is 3.73. The van der Waals surface area contributed by atoms with Crippen LogP contribution < -0.4 is 50.8 Å². The van der Waals surface area contributed by atoms with Crippen LogP contribution in [0.25, 0.3) is 44.6 Å². The molecular weight excluding hydrogens is 1050 g/mol. The first-order chi connectivity index (χ1) is 40.2.